The van der Waals surface area contributed by atoms with Gasteiger partial charge in [0.15, 0.2) is 0 Å². The number of nitrogens with one attached hydrogen (secondary N) is 1. The molecule has 1 aliphatic rings. The van der Waals surface area contributed by atoms with Crippen LogP contribution in [0.3, 0.4) is 0 Å². The van der Waals surface area contributed by atoms with E-state index in [1.807, 2.05) is 31.2 Å². The Kier molecular flexibility index (Phi) is 6.44. The molecule has 5 N–H and O–H groups in total. The third-order valence-corrected chi connectivity index (χ3v) is 6.05. The van der Waals surface area contributed by atoms with Crippen molar-refractivity contribution in [2.45, 2.75) is 31.5 Å². The molecule has 0 radical (unpaired) electrons. The van der Waals surface area contributed by atoms with Crippen LogP contribution >= 0.6 is 0 Å². The SMILES string of the molecule is CCc1cc(C(O)C(O)CNC(=O)OCC2c3ccccc3-c3ccccc32)ccc1N. The van der Waals surface area contributed by atoms with E-state index < -0.39 is 18.3 Å². The molecule has 1 amide bonds. The lowest BCUT2D eigenvalue weighted by Gasteiger charge is -2.20. The van der Waals surface area contributed by atoms with Crippen molar-refractivity contribution < 1.29 is 19.7 Å². The molecule has 0 heterocycles. The zero-order valence-electron chi connectivity index (χ0n) is 18.0. The molecule has 6 nitrogen and oxygen atoms in total. The number of hydrogen-bond acceptors (Lipinski definition) is 5. The maximum Gasteiger partial charge on any atom is 0.407 e. The predicted octanol–water partition coefficient (Wildman–Crippen LogP) is 3.76. The van der Waals surface area contributed by atoms with Crippen LogP contribution in [0.2, 0.25) is 0 Å². The number of anilines is 1. The summed E-state index contributed by atoms with van der Waals surface area (Å²) >= 11 is 0. The van der Waals surface area contributed by atoms with Crippen molar-refractivity contribution in [2.24, 2.45) is 0 Å². The molecule has 2 unspecified atom stereocenters. The molecule has 4 rings (SSSR count). The van der Waals surface area contributed by atoms with Gasteiger partial charge in [0.25, 0.3) is 0 Å². The Labute approximate surface area is 187 Å². The number of nitrogens with two attached hydrogens (primary N) is 1. The molecule has 1 aliphatic carbocycles. The summed E-state index contributed by atoms with van der Waals surface area (Å²) < 4.78 is 5.47. The number of ether oxygens (including phenoxy) is 1. The fourth-order valence-corrected chi connectivity index (χ4v) is 4.29. The average Bonchev–Trinajstić information content (AvgIpc) is 3.14. The van der Waals surface area contributed by atoms with Crippen molar-refractivity contribution in [3.63, 3.8) is 0 Å². The number of amides is 1. The van der Waals surface area contributed by atoms with E-state index in [2.05, 4.69) is 29.6 Å². The van der Waals surface area contributed by atoms with E-state index in [-0.39, 0.29) is 19.1 Å². The van der Waals surface area contributed by atoms with Gasteiger partial charge in [-0.05, 0) is 45.9 Å². The van der Waals surface area contributed by atoms with E-state index in [0.717, 1.165) is 34.2 Å². The lowest BCUT2D eigenvalue weighted by Crippen LogP contribution is -2.36. The molecule has 0 bridgehead atoms. The number of aliphatic hydroxyl groups is 2. The Morgan fingerprint density at radius 3 is 2.28 bits per heavy atom. The topological polar surface area (TPSA) is 105 Å². The maximum absolute atomic E-state index is 12.3. The molecular formula is C26H28N2O4. The Balaban J connectivity index is 1.34. The number of carbonyl (C=O) groups is 1. The summed E-state index contributed by atoms with van der Waals surface area (Å²) in [4.78, 5) is 12.3. The van der Waals surface area contributed by atoms with E-state index in [4.69, 9.17) is 10.5 Å². The van der Waals surface area contributed by atoms with Crippen LogP contribution in [0.4, 0.5) is 10.5 Å². The quantitative estimate of drug-likeness (QED) is 0.426. The lowest BCUT2D eigenvalue weighted by atomic mass is 9.98. The molecule has 6 heteroatoms. The molecule has 0 saturated carbocycles. The third kappa shape index (κ3) is 4.33. The van der Waals surface area contributed by atoms with Gasteiger partial charge in [-0.1, -0.05) is 67.6 Å². The first-order valence-corrected chi connectivity index (χ1v) is 10.8. The lowest BCUT2D eigenvalue weighted by molar-refractivity contribution is 0.0185. The Hall–Kier alpha value is -3.35. The molecule has 2 atom stereocenters. The summed E-state index contributed by atoms with van der Waals surface area (Å²) in [5, 5.41) is 23.3. The molecule has 0 spiro atoms. The Bertz CT molecular complexity index is 1070. The number of aryl methyl sites for hydroxylation is 1. The number of carbonyl (C=O) groups excluding carboxylic acids is 1. The number of hydrogen-bond donors (Lipinski definition) is 4. The van der Waals surface area contributed by atoms with Gasteiger partial charge in [0, 0.05) is 18.2 Å². The summed E-state index contributed by atoms with van der Waals surface area (Å²) in [7, 11) is 0. The monoisotopic (exact) mass is 432 g/mol. The highest BCUT2D eigenvalue weighted by Crippen LogP contribution is 2.44. The van der Waals surface area contributed by atoms with Crippen LogP contribution in [-0.2, 0) is 11.2 Å². The van der Waals surface area contributed by atoms with Gasteiger partial charge in [0.2, 0.25) is 0 Å². The van der Waals surface area contributed by atoms with E-state index >= 15 is 0 Å². The largest absolute Gasteiger partial charge is 0.449 e. The van der Waals surface area contributed by atoms with Crippen LogP contribution < -0.4 is 11.1 Å². The zero-order chi connectivity index (χ0) is 22.7. The first-order chi connectivity index (χ1) is 15.5. The first kappa shape index (κ1) is 21.9. The second-order valence-electron chi connectivity index (χ2n) is 8.03. The number of benzene rings is 3. The van der Waals surface area contributed by atoms with Crippen molar-refractivity contribution in [1.29, 1.82) is 0 Å². The van der Waals surface area contributed by atoms with Gasteiger partial charge in [-0.3, -0.25) is 0 Å². The highest BCUT2D eigenvalue weighted by molar-refractivity contribution is 5.79. The third-order valence-electron chi connectivity index (χ3n) is 6.05. The van der Waals surface area contributed by atoms with E-state index in [1.54, 1.807) is 18.2 Å². The minimum Gasteiger partial charge on any atom is -0.449 e. The van der Waals surface area contributed by atoms with E-state index in [9.17, 15) is 15.0 Å². The molecular weight excluding hydrogens is 404 g/mol. The summed E-state index contributed by atoms with van der Waals surface area (Å²) in [6.45, 7) is 2.02. The van der Waals surface area contributed by atoms with Gasteiger partial charge < -0.3 is 26.0 Å². The van der Waals surface area contributed by atoms with Crippen LogP contribution in [0.1, 0.15) is 41.2 Å². The van der Waals surface area contributed by atoms with E-state index in [1.165, 1.54) is 0 Å². The van der Waals surface area contributed by atoms with Gasteiger partial charge in [-0.2, -0.15) is 0 Å². The molecule has 166 valence electrons. The van der Waals surface area contributed by atoms with Gasteiger partial charge in [0.1, 0.15) is 18.8 Å². The van der Waals surface area contributed by atoms with Crippen LogP contribution in [0, 0.1) is 0 Å². The molecule has 32 heavy (non-hydrogen) atoms. The average molecular weight is 433 g/mol. The van der Waals surface area contributed by atoms with E-state index in [0.29, 0.717) is 11.3 Å². The zero-order valence-corrected chi connectivity index (χ0v) is 18.0. The van der Waals surface area contributed by atoms with Gasteiger partial charge in [-0.15, -0.1) is 0 Å². The standard InChI is InChI=1S/C26H28N2O4/c1-2-16-13-17(11-12-23(16)27)25(30)24(29)14-28-26(31)32-15-22-20-9-5-3-7-18(20)19-8-4-6-10-21(19)22/h3-13,22,24-25,29-30H,2,14-15,27H2,1H3,(H,28,31). The Morgan fingerprint density at radius 2 is 1.66 bits per heavy atom. The van der Waals surface area contributed by atoms with Gasteiger partial charge in [-0.25, -0.2) is 4.79 Å². The molecule has 3 aromatic carbocycles. The number of alkyl carbamates (subject to hydrolysis) is 1. The second-order valence-corrected chi connectivity index (χ2v) is 8.03. The second kappa shape index (κ2) is 9.42. The fraction of sp³-hybridized carbons (Fsp3) is 0.269. The minimum atomic E-state index is -1.18. The number of nitrogen functional groups attached to an aromatic ring is 1. The van der Waals surface area contributed by atoms with Crippen molar-refractivity contribution in [1.82, 2.24) is 5.32 Å². The number of aliphatic hydroxyl groups excluding tert-OH is 2. The summed E-state index contributed by atoms with van der Waals surface area (Å²) in [6.07, 6.45) is -2.23. The van der Waals surface area contributed by atoms with Crippen molar-refractivity contribution >= 4 is 11.8 Å². The Morgan fingerprint density at radius 1 is 1.03 bits per heavy atom. The summed E-state index contributed by atoms with van der Waals surface area (Å²) in [6, 6.07) is 21.4. The summed E-state index contributed by atoms with van der Waals surface area (Å²) in [5.74, 6) is -0.0362. The van der Waals surface area contributed by atoms with Crippen LogP contribution in [-0.4, -0.2) is 35.6 Å². The smallest absolute Gasteiger partial charge is 0.407 e. The van der Waals surface area contributed by atoms with Crippen LogP contribution in [0.5, 0.6) is 0 Å². The molecule has 0 saturated heterocycles. The predicted molar refractivity (Wildman–Crippen MR) is 124 cm³/mol. The highest BCUT2D eigenvalue weighted by atomic mass is 16.5. The van der Waals surface area contributed by atoms with Crippen molar-refractivity contribution in [2.75, 3.05) is 18.9 Å². The van der Waals surface area contributed by atoms with Gasteiger partial charge in [0.05, 0.1) is 0 Å². The van der Waals surface area contributed by atoms with Crippen LogP contribution in [0.15, 0.2) is 66.7 Å². The normalized spacial score (nSPS) is 14.3. The number of rotatable bonds is 7. The molecule has 0 aromatic heterocycles. The van der Waals surface area contributed by atoms with Crippen LogP contribution in [0.25, 0.3) is 11.1 Å². The molecule has 0 fully saturated rings. The number of fused-ring (bicyclic) bond motifs is 3. The summed E-state index contributed by atoms with van der Waals surface area (Å²) in [5.41, 5.74) is 12.6. The maximum atomic E-state index is 12.3. The van der Waals surface area contributed by atoms with Gasteiger partial charge >= 0.3 is 6.09 Å². The first-order valence-electron chi connectivity index (χ1n) is 10.8. The molecule has 0 aliphatic heterocycles. The van der Waals surface area contributed by atoms with Crippen molar-refractivity contribution in [3.8, 4) is 11.1 Å². The molecule has 3 aromatic rings. The highest BCUT2D eigenvalue weighted by Gasteiger charge is 2.29. The van der Waals surface area contributed by atoms with Crippen molar-refractivity contribution in [3.05, 3.63) is 89.0 Å². The fourth-order valence-electron chi connectivity index (χ4n) is 4.29. The minimum absolute atomic E-state index is 0.0362.